The van der Waals surface area contributed by atoms with Crippen LogP contribution in [-0.4, -0.2) is 5.78 Å². The van der Waals surface area contributed by atoms with E-state index in [0.717, 1.165) is 15.2 Å². The molecule has 0 spiro atoms. The SMILES string of the molecule is O=C(C=Cc1ccccc1)[C]([Pd])=Cc1ccc[c]([Pd])c1. The van der Waals surface area contributed by atoms with Crippen LogP contribution < -0.4 is 4.04 Å². The zero-order valence-corrected chi connectivity index (χ0v) is 13.6. The number of rotatable bonds is 4. The fourth-order valence-electron chi connectivity index (χ4n) is 1.60. The molecule has 0 unspecified atom stereocenters. The van der Waals surface area contributed by atoms with Crippen molar-refractivity contribution in [2.75, 3.05) is 0 Å². The first-order chi connectivity index (χ1) is 9.65. The van der Waals surface area contributed by atoms with Crippen molar-refractivity contribution >= 4 is 22.0 Å². The van der Waals surface area contributed by atoms with Gasteiger partial charge in [-0.15, -0.1) is 0 Å². The third kappa shape index (κ3) is 4.79. The monoisotopic (exact) mass is 444 g/mol. The Kier molecular flexibility index (Phi) is 5.84. The number of ketones is 1. The standard InChI is InChI=1S/C17H12O.2Pd/c18-17(13-11-15-7-3-1-4-8-15)14-12-16-9-5-2-6-10-16;;/h1-5,7-13H;;. The Labute approximate surface area is 140 Å². The number of benzene rings is 2. The Morgan fingerprint density at radius 1 is 0.950 bits per heavy atom. The van der Waals surface area contributed by atoms with Crippen LogP contribution in [-0.2, 0) is 43.2 Å². The molecule has 0 aromatic heterocycles. The van der Waals surface area contributed by atoms with Crippen molar-refractivity contribution in [1.82, 2.24) is 0 Å². The molecule has 0 N–H and O–H groups in total. The Bertz CT molecular complexity index is 658. The van der Waals surface area contributed by atoms with E-state index in [9.17, 15) is 4.79 Å². The molecule has 2 rings (SSSR count). The van der Waals surface area contributed by atoms with Crippen molar-refractivity contribution in [1.29, 1.82) is 0 Å². The van der Waals surface area contributed by atoms with Gasteiger partial charge in [0.1, 0.15) is 0 Å². The van der Waals surface area contributed by atoms with Gasteiger partial charge in [-0.2, -0.15) is 0 Å². The van der Waals surface area contributed by atoms with Crippen LogP contribution in [0, 0.1) is 0 Å². The molecule has 0 heterocycles. The summed E-state index contributed by atoms with van der Waals surface area (Å²) in [5, 5.41) is 0. The molecule has 0 bridgehead atoms. The Morgan fingerprint density at radius 2 is 1.65 bits per heavy atom. The van der Waals surface area contributed by atoms with Gasteiger partial charge in [-0.3, -0.25) is 0 Å². The molecule has 20 heavy (non-hydrogen) atoms. The molecule has 0 amide bonds. The van der Waals surface area contributed by atoms with Crippen LogP contribution in [0.5, 0.6) is 0 Å². The van der Waals surface area contributed by atoms with Crippen LogP contribution in [0.25, 0.3) is 12.2 Å². The predicted octanol–water partition coefficient (Wildman–Crippen LogP) is 3.03. The van der Waals surface area contributed by atoms with E-state index >= 15 is 0 Å². The van der Waals surface area contributed by atoms with Gasteiger partial charge in [0.2, 0.25) is 0 Å². The molecule has 2 aromatic carbocycles. The number of hydrogen-bond acceptors (Lipinski definition) is 1. The molecule has 3 heteroatoms. The van der Waals surface area contributed by atoms with Gasteiger partial charge in [0, 0.05) is 0 Å². The van der Waals surface area contributed by atoms with E-state index in [2.05, 4.69) is 38.4 Å². The van der Waals surface area contributed by atoms with Gasteiger partial charge in [-0.25, -0.2) is 0 Å². The summed E-state index contributed by atoms with van der Waals surface area (Å²) >= 11 is 6.16. The molecule has 0 radical (unpaired) electrons. The van der Waals surface area contributed by atoms with Crippen molar-refractivity contribution in [2.45, 2.75) is 0 Å². The molecule has 0 aliphatic rings. The summed E-state index contributed by atoms with van der Waals surface area (Å²) in [6, 6.07) is 17.6. The Balaban J connectivity index is 2.11. The van der Waals surface area contributed by atoms with Crippen molar-refractivity contribution in [3.8, 4) is 0 Å². The maximum atomic E-state index is 12.0. The van der Waals surface area contributed by atoms with Crippen molar-refractivity contribution in [2.24, 2.45) is 0 Å². The number of carbonyl (C=O) groups is 1. The van der Waals surface area contributed by atoms with Crippen LogP contribution in [0.3, 0.4) is 0 Å². The van der Waals surface area contributed by atoms with Gasteiger partial charge in [0.25, 0.3) is 0 Å². The van der Waals surface area contributed by atoms with Crippen LogP contribution in [0.4, 0.5) is 0 Å². The van der Waals surface area contributed by atoms with Crippen LogP contribution in [0.15, 0.2) is 64.7 Å². The van der Waals surface area contributed by atoms with E-state index in [0.29, 0.717) is 4.05 Å². The fraction of sp³-hybridized carbons (Fsp3) is 0. The molecule has 1 nitrogen and oxygen atoms in total. The van der Waals surface area contributed by atoms with Gasteiger partial charge >= 0.3 is 141 Å². The van der Waals surface area contributed by atoms with E-state index in [1.54, 1.807) is 6.08 Å². The summed E-state index contributed by atoms with van der Waals surface area (Å²) in [7, 11) is 0. The first-order valence-electron chi connectivity index (χ1n) is 5.99. The Morgan fingerprint density at radius 3 is 2.35 bits per heavy atom. The molecular weight excluding hydrogens is 433 g/mol. The maximum absolute atomic E-state index is 12.0. The van der Waals surface area contributed by atoms with Gasteiger partial charge < -0.3 is 0 Å². The van der Waals surface area contributed by atoms with Gasteiger partial charge in [0.05, 0.1) is 0 Å². The average molecular weight is 445 g/mol. The molecule has 106 valence electrons. The van der Waals surface area contributed by atoms with E-state index < -0.39 is 0 Å². The van der Waals surface area contributed by atoms with E-state index in [1.807, 2.05) is 66.7 Å². The molecule has 0 aliphatic heterocycles. The summed E-state index contributed by atoms with van der Waals surface area (Å²) in [6.45, 7) is 0. The molecule has 0 saturated carbocycles. The summed E-state index contributed by atoms with van der Waals surface area (Å²) in [5.41, 5.74) is 1.99. The van der Waals surface area contributed by atoms with Crippen molar-refractivity contribution < 1.29 is 43.2 Å². The molecule has 2 aromatic rings. The topological polar surface area (TPSA) is 17.1 Å². The summed E-state index contributed by atoms with van der Waals surface area (Å²) < 4.78 is 1.60. The summed E-state index contributed by atoms with van der Waals surface area (Å²) in [4.78, 5) is 12.0. The van der Waals surface area contributed by atoms with Crippen LogP contribution in [0.2, 0.25) is 0 Å². The van der Waals surface area contributed by atoms with Crippen molar-refractivity contribution in [3.63, 3.8) is 0 Å². The number of carbonyl (C=O) groups excluding carboxylic acids is 1. The molecule has 0 aliphatic carbocycles. The Hall–Kier alpha value is -1.09. The summed E-state index contributed by atoms with van der Waals surface area (Å²) in [5.74, 6) is -0.0415. The van der Waals surface area contributed by atoms with Crippen LogP contribution >= 0.6 is 0 Å². The van der Waals surface area contributed by atoms with Crippen molar-refractivity contribution in [3.05, 3.63) is 75.8 Å². The second-order valence-corrected chi connectivity index (χ2v) is 5.82. The summed E-state index contributed by atoms with van der Waals surface area (Å²) in [6.07, 6.45) is 5.22. The fourth-order valence-corrected chi connectivity index (χ4v) is 2.40. The second-order valence-electron chi connectivity index (χ2n) is 4.09. The normalized spacial score (nSPS) is 11.9. The third-order valence-electron chi connectivity index (χ3n) is 2.56. The van der Waals surface area contributed by atoms with Crippen LogP contribution in [0.1, 0.15) is 11.1 Å². The van der Waals surface area contributed by atoms with Gasteiger partial charge in [-0.05, 0) is 0 Å². The minimum atomic E-state index is -0.0415. The van der Waals surface area contributed by atoms with E-state index in [1.165, 1.54) is 0 Å². The molecular formula is C17H12OPd2. The first kappa shape index (κ1) is 15.3. The minimum absolute atomic E-state index is 0.0415. The predicted molar refractivity (Wildman–Crippen MR) is 74.5 cm³/mol. The molecule has 0 saturated heterocycles. The first-order valence-corrected chi connectivity index (χ1v) is 7.55. The quantitative estimate of drug-likeness (QED) is 0.523. The van der Waals surface area contributed by atoms with Gasteiger partial charge in [-0.1, -0.05) is 0 Å². The number of allylic oxidation sites excluding steroid dienone is 2. The molecule has 0 fully saturated rings. The van der Waals surface area contributed by atoms with E-state index in [-0.39, 0.29) is 5.78 Å². The zero-order chi connectivity index (χ0) is 14.4. The zero-order valence-electron chi connectivity index (χ0n) is 10.5. The van der Waals surface area contributed by atoms with E-state index in [4.69, 9.17) is 0 Å². The average Bonchev–Trinajstić information content (AvgIpc) is 2.46. The molecule has 0 atom stereocenters. The number of hydrogen-bond donors (Lipinski definition) is 0. The van der Waals surface area contributed by atoms with Gasteiger partial charge in [0.15, 0.2) is 0 Å². The second kappa shape index (κ2) is 7.63. The third-order valence-corrected chi connectivity index (χ3v) is 3.65.